The van der Waals surface area contributed by atoms with Gasteiger partial charge in [-0.25, -0.2) is 26.4 Å². The third-order valence-corrected chi connectivity index (χ3v) is 13.6. The van der Waals surface area contributed by atoms with Crippen molar-refractivity contribution in [3.63, 3.8) is 0 Å². The molecule has 0 aromatic rings. The molecule has 0 radical (unpaired) electrons. The number of quaternary nitrogens is 3. The molecule has 3 aliphatic carbocycles. The van der Waals surface area contributed by atoms with Crippen LogP contribution >= 0.6 is 0 Å². The van der Waals surface area contributed by atoms with Crippen LogP contribution in [0.2, 0.25) is 0 Å². The van der Waals surface area contributed by atoms with E-state index in [1.165, 1.54) is 109 Å². The van der Waals surface area contributed by atoms with Gasteiger partial charge >= 0.3 is 11.9 Å². The highest BCUT2D eigenvalue weighted by molar-refractivity contribution is 7.81. The van der Waals surface area contributed by atoms with Gasteiger partial charge in [0.05, 0.1) is 53.0 Å². The molecule has 62 heavy (non-hydrogen) atoms. The van der Waals surface area contributed by atoms with Gasteiger partial charge in [0.2, 0.25) is 20.8 Å². The molecule has 0 spiro atoms. The number of likely N-dealkylation sites (N-methyl/N-ethyl adjacent to an activating group) is 2. The molecule has 0 bridgehead atoms. The van der Waals surface area contributed by atoms with E-state index >= 15 is 0 Å². The second kappa shape index (κ2) is 27.5. The summed E-state index contributed by atoms with van der Waals surface area (Å²) in [5, 5.41) is 0. The zero-order valence-electron chi connectivity index (χ0n) is 38.5. The molecule has 0 atom stereocenters. The summed E-state index contributed by atoms with van der Waals surface area (Å²) in [6, 6.07) is 2.54. The molecule has 19 heteroatoms. The van der Waals surface area contributed by atoms with Gasteiger partial charge in [0.25, 0.3) is 0 Å². The van der Waals surface area contributed by atoms with Crippen molar-refractivity contribution in [2.75, 3.05) is 74.2 Å². The summed E-state index contributed by atoms with van der Waals surface area (Å²) in [6.45, 7) is 23.7. The first-order valence-electron chi connectivity index (χ1n) is 21.9. The number of halogens is 1. The fraction of sp³-hybridized carbons (Fsp3) is 0.814. The Morgan fingerprint density at radius 2 is 0.903 bits per heavy atom. The Labute approximate surface area is 379 Å². The number of esters is 2. The van der Waals surface area contributed by atoms with Crippen LogP contribution in [0.25, 0.3) is 0 Å². The van der Waals surface area contributed by atoms with Gasteiger partial charge in [0.1, 0.15) is 39.3 Å². The van der Waals surface area contributed by atoms with Crippen LogP contribution in [0.5, 0.6) is 0 Å². The van der Waals surface area contributed by atoms with E-state index < -0.39 is 20.8 Å². The van der Waals surface area contributed by atoms with Crippen LogP contribution in [0, 0.1) is 0 Å². The maximum Gasteiger partial charge on any atom is 0.333 e. The Kier molecular flexibility index (Phi) is 25.7. The molecular weight excluding hydrogens is 866 g/mol. The summed E-state index contributed by atoms with van der Waals surface area (Å²) in [4.78, 5) is 24.6. The highest BCUT2D eigenvalue weighted by atomic mass is 35.5. The third-order valence-electron chi connectivity index (χ3n) is 12.8. The lowest BCUT2D eigenvalue weighted by Gasteiger charge is -2.52. The summed E-state index contributed by atoms with van der Waals surface area (Å²) in [6.07, 6.45) is 21.6. The predicted molar refractivity (Wildman–Crippen MR) is 231 cm³/mol. The molecule has 362 valence electrons. The molecule has 3 saturated carbocycles. The van der Waals surface area contributed by atoms with Gasteiger partial charge in [-0.3, -0.25) is 8.37 Å². The van der Waals surface area contributed by atoms with E-state index in [1.54, 1.807) is 18.7 Å². The molecule has 6 rings (SSSR count). The molecule has 16 nitrogen and oxygen atoms in total. The smallest absolute Gasteiger partial charge is 0.333 e. The SMILES string of the molecule is C=C(C)C(=O)OC1C[N+](C)(C2CCCCC2)C1.C=C(C)C(=O)OC1C[N+](C)(C2CCCCC2)C1.C=C(C)COC1C[NH+](C2CCCCC2)C1.COS(=O)(=O)[O-].COS(=O)(=O)[O-].[Cl-]. The molecule has 6 aliphatic rings. The topological polar surface area (TPSA) is 199 Å². The largest absolute Gasteiger partial charge is 1.00 e. The van der Waals surface area contributed by atoms with Crippen molar-refractivity contribution in [1.29, 1.82) is 0 Å². The van der Waals surface area contributed by atoms with Crippen LogP contribution in [0.1, 0.15) is 117 Å². The number of carbonyl (C=O) groups excluding carboxylic acids is 2. The van der Waals surface area contributed by atoms with Gasteiger partial charge in [-0.15, -0.1) is 0 Å². The summed E-state index contributed by atoms with van der Waals surface area (Å²) < 4.78 is 80.8. The minimum atomic E-state index is -4.41. The maximum absolute atomic E-state index is 11.4. The van der Waals surface area contributed by atoms with Crippen LogP contribution < -0.4 is 17.3 Å². The zero-order valence-corrected chi connectivity index (χ0v) is 40.9. The second-order valence-corrected chi connectivity index (χ2v) is 20.6. The lowest BCUT2D eigenvalue weighted by atomic mass is 9.89. The summed E-state index contributed by atoms with van der Waals surface area (Å²) in [5.41, 5.74) is 2.15. The van der Waals surface area contributed by atoms with Gasteiger partial charge < -0.3 is 49.6 Å². The highest BCUT2D eigenvalue weighted by Gasteiger charge is 2.49. The van der Waals surface area contributed by atoms with Crippen LogP contribution in [-0.2, 0) is 53.0 Å². The summed E-state index contributed by atoms with van der Waals surface area (Å²) in [5.74, 6) is -0.463. The first-order chi connectivity index (χ1) is 28.4. The van der Waals surface area contributed by atoms with Crippen LogP contribution in [0.3, 0.4) is 0 Å². The van der Waals surface area contributed by atoms with E-state index in [1.807, 2.05) is 6.92 Å². The molecule has 0 aromatic heterocycles. The molecule has 6 fully saturated rings. The molecule has 3 saturated heterocycles. The number of nitrogens with one attached hydrogen (secondary N) is 1. The monoisotopic (exact) mass is 943 g/mol. The van der Waals surface area contributed by atoms with Gasteiger partial charge in [0, 0.05) is 11.1 Å². The van der Waals surface area contributed by atoms with Gasteiger partial charge in [0.15, 0.2) is 18.3 Å². The fourth-order valence-electron chi connectivity index (χ4n) is 9.16. The number of carbonyl (C=O) groups is 2. The molecule has 0 amide bonds. The van der Waals surface area contributed by atoms with Crippen molar-refractivity contribution in [1.82, 2.24) is 0 Å². The average Bonchev–Trinajstić information content (AvgIpc) is 3.17. The lowest BCUT2D eigenvalue weighted by molar-refractivity contribution is -0.977. The van der Waals surface area contributed by atoms with Crippen molar-refractivity contribution < 1.29 is 84.4 Å². The first-order valence-corrected chi connectivity index (χ1v) is 24.6. The normalized spacial score (nSPS) is 28.7. The van der Waals surface area contributed by atoms with E-state index in [-0.39, 0.29) is 36.6 Å². The Hall–Kier alpha value is -1.97. The average molecular weight is 945 g/mol. The first kappa shape index (κ1) is 58.0. The minimum absolute atomic E-state index is 0. The van der Waals surface area contributed by atoms with E-state index in [9.17, 15) is 35.5 Å². The van der Waals surface area contributed by atoms with Crippen LogP contribution in [0.4, 0.5) is 0 Å². The molecular formula is C43H78ClN3O13S2. The van der Waals surface area contributed by atoms with Crippen molar-refractivity contribution in [3.8, 4) is 0 Å². The predicted octanol–water partition coefficient (Wildman–Crippen LogP) is 0.903. The number of rotatable bonds is 12. The second-order valence-electron chi connectivity index (χ2n) is 18.3. The summed E-state index contributed by atoms with van der Waals surface area (Å²) >= 11 is 0. The van der Waals surface area contributed by atoms with E-state index in [0.29, 0.717) is 17.3 Å². The molecule has 1 N–H and O–H groups in total. The molecule has 0 unspecified atom stereocenters. The van der Waals surface area contributed by atoms with Gasteiger partial charge in [-0.1, -0.05) is 44.6 Å². The van der Waals surface area contributed by atoms with Gasteiger partial charge in [-0.2, -0.15) is 0 Å². The zero-order chi connectivity index (χ0) is 46.0. The quantitative estimate of drug-likeness (QED) is 0.0724. The van der Waals surface area contributed by atoms with E-state index in [2.05, 4.69) is 42.2 Å². The number of likely N-dealkylation sites (tertiary alicyclic amines) is 3. The van der Waals surface area contributed by atoms with Crippen LogP contribution in [-0.4, -0.2) is 157 Å². The van der Waals surface area contributed by atoms with Crippen molar-refractivity contribution in [2.45, 2.75) is 154 Å². The Morgan fingerprint density at radius 1 is 0.597 bits per heavy atom. The summed E-state index contributed by atoms with van der Waals surface area (Å²) in [7, 11) is -2.60. The molecule has 3 heterocycles. The lowest BCUT2D eigenvalue weighted by Crippen LogP contribution is -3.24. The number of ether oxygens (including phenoxy) is 3. The molecule has 0 aromatic carbocycles. The number of nitrogens with zero attached hydrogens (tertiary/aromatic N) is 2. The third kappa shape index (κ3) is 21.8. The standard InChI is InChI=1S/2C14H24NO2.C13H23NO.2CH4O4S.ClH/c2*1-11(2)14(16)17-13-9-15(3,10-13)12-7-5-4-6-8-12;1-11(2)10-15-13-8-14(9-13)12-6-4-3-5-7-12;2*1-5-6(2,3)4;/h2*12-13H,1,4-10H2,2-3H3;12-13H,1,3-10H2,2H3;2*1H3,(H,2,3,4);1H/q2*+1;;;;/p-2. The Bertz CT molecular complexity index is 1530. The van der Waals surface area contributed by atoms with Crippen molar-refractivity contribution in [2.24, 2.45) is 0 Å². The number of hydrogen-bond donors (Lipinski definition) is 1. The van der Waals surface area contributed by atoms with E-state index in [0.717, 1.165) is 79.7 Å². The van der Waals surface area contributed by atoms with Crippen molar-refractivity contribution in [3.05, 3.63) is 36.5 Å². The van der Waals surface area contributed by atoms with Crippen molar-refractivity contribution >= 4 is 32.7 Å². The Balaban J connectivity index is 0.000000409. The van der Waals surface area contributed by atoms with Gasteiger partial charge in [-0.05, 0) is 97.8 Å². The number of hydrogen-bond acceptors (Lipinski definition) is 13. The fourth-order valence-corrected chi connectivity index (χ4v) is 9.16. The minimum Gasteiger partial charge on any atom is -1.00 e. The Morgan fingerprint density at radius 3 is 1.18 bits per heavy atom. The maximum atomic E-state index is 11.4. The van der Waals surface area contributed by atoms with Crippen LogP contribution in [0.15, 0.2) is 36.5 Å². The van der Waals surface area contributed by atoms with E-state index in [4.69, 9.17) is 14.2 Å². The highest BCUT2D eigenvalue weighted by Crippen LogP contribution is 2.34. The molecule has 3 aliphatic heterocycles.